The minimum atomic E-state index is -3.66. The van der Waals surface area contributed by atoms with E-state index in [9.17, 15) is 13.2 Å². The van der Waals surface area contributed by atoms with E-state index in [1.54, 1.807) is 24.3 Å². The molecule has 0 radical (unpaired) electrons. The molecule has 2 rings (SSSR count). The van der Waals surface area contributed by atoms with Crippen molar-refractivity contribution in [1.29, 1.82) is 0 Å². The van der Waals surface area contributed by atoms with Gasteiger partial charge in [-0.15, -0.1) is 0 Å². The highest BCUT2D eigenvalue weighted by Crippen LogP contribution is 2.12. The van der Waals surface area contributed by atoms with Crippen molar-refractivity contribution in [2.24, 2.45) is 5.92 Å². The Morgan fingerprint density at radius 2 is 1.50 bits per heavy atom. The van der Waals surface area contributed by atoms with Gasteiger partial charge < -0.3 is 4.74 Å². The summed E-state index contributed by atoms with van der Waals surface area (Å²) in [6.45, 7) is 3.99. The van der Waals surface area contributed by atoms with E-state index in [0.29, 0.717) is 12.0 Å². The Bertz CT molecular complexity index is 789. The lowest BCUT2D eigenvalue weighted by molar-refractivity contribution is -0.147. The topological polar surface area (TPSA) is 72.5 Å². The van der Waals surface area contributed by atoms with Crippen LogP contribution in [0.4, 0.5) is 0 Å². The van der Waals surface area contributed by atoms with Crippen molar-refractivity contribution in [3.63, 3.8) is 0 Å². The summed E-state index contributed by atoms with van der Waals surface area (Å²) in [5.41, 5.74) is 1.53. The summed E-state index contributed by atoms with van der Waals surface area (Å²) < 4.78 is 32.7. The molecular weight excluding hydrogens is 350 g/mol. The Kier molecular flexibility index (Phi) is 7.36. The van der Waals surface area contributed by atoms with Gasteiger partial charge in [0.1, 0.15) is 12.6 Å². The zero-order chi connectivity index (χ0) is 19.0. The number of hydrogen-bond acceptors (Lipinski definition) is 4. The lowest BCUT2D eigenvalue weighted by atomic mass is 10.1. The summed E-state index contributed by atoms with van der Waals surface area (Å²) in [5, 5.41) is 0. The number of sulfonamides is 1. The summed E-state index contributed by atoms with van der Waals surface area (Å²) in [6.07, 6.45) is 0.377. The van der Waals surface area contributed by atoms with E-state index < -0.39 is 22.0 Å². The van der Waals surface area contributed by atoms with Gasteiger partial charge in [-0.1, -0.05) is 74.5 Å². The summed E-state index contributed by atoms with van der Waals surface area (Å²) >= 11 is 0. The number of carbonyl (C=O) groups excluding carboxylic acids is 1. The second kappa shape index (κ2) is 9.50. The van der Waals surface area contributed by atoms with Crippen LogP contribution in [0.1, 0.15) is 31.4 Å². The van der Waals surface area contributed by atoms with Crippen molar-refractivity contribution in [3.05, 3.63) is 71.8 Å². The van der Waals surface area contributed by atoms with Crippen molar-refractivity contribution in [2.45, 2.75) is 38.7 Å². The van der Waals surface area contributed by atoms with Crippen molar-refractivity contribution >= 4 is 16.0 Å². The number of ether oxygens (including phenoxy) is 1. The van der Waals surface area contributed by atoms with Gasteiger partial charge in [0.15, 0.2) is 0 Å². The lowest BCUT2D eigenvalue weighted by Gasteiger charge is -2.19. The van der Waals surface area contributed by atoms with Gasteiger partial charge in [0.05, 0.1) is 5.75 Å². The highest BCUT2D eigenvalue weighted by Gasteiger charge is 2.26. The molecule has 0 spiro atoms. The van der Waals surface area contributed by atoms with E-state index in [1.165, 1.54) is 0 Å². The van der Waals surface area contributed by atoms with Crippen molar-refractivity contribution in [1.82, 2.24) is 4.72 Å². The number of nitrogens with one attached hydrogen (secondary N) is 1. The third-order valence-electron chi connectivity index (χ3n) is 3.74. The molecule has 0 amide bonds. The number of rotatable bonds is 9. The molecular formula is C20H25NO4S. The molecule has 0 heterocycles. The fourth-order valence-electron chi connectivity index (χ4n) is 2.55. The summed E-state index contributed by atoms with van der Waals surface area (Å²) in [7, 11) is -3.66. The summed E-state index contributed by atoms with van der Waals surface area (Å²) in [6, 6.07) is 17.3. The largest absolute Gasteiger partial charge is 0.460 e. The molecule has 26 heavy (non-hydrogen) atoms. The fourth-order valence-corrected chi connectivity index (χ4v) is 3.89. The minimum absolute atomic E-state index is 0.120. The van der Waals surface area contributed by atoms with Gasteiger partial charge in [0.25, 0.3) is 0 Å². The van der Waals surface area contributed by atoms with Crippen LogP contribution in [0.25, 0.3) is 0 Å². The molecule has 0 fully saturated rings. The first-order chi connectivity index (χ1) is 12.4. The molecule has 0 aliphatic rings. The first-order valence-electron chi connectivity index (χ1n) is 8.60. The maximum Gasteiger partial charge on any atom is 0.324 e. The average Bonchev–Trinajstić information content (AvgIpc) is 2.60. The molecule has 6 heteroatoms. The predicted molar refractivity (Wildman–Crippen MR) is 102 cm³/mol. The van der Waals surface area contributed by atoms with Gasteiger partial charge >= 0.3 is 5.97 Å². The number of esters is 1. The SMILES string of the molecule is CC(C)C[C@H](NS(=O)(=O)Cc1ccccc1)C(=O)OCc1ccccc1. The van der Waals surface area contributed by atoms with Gasteiger partial charge in [-0.3, -0.25) is 4.79 Å². The second-order valence-corrected chi connectivity index (χ2v) is 8.39. The monoisotopic (exact) mass is 375 g/mol. The minimum Gasteiger partial charge on any atom is -0.460 e. The van der Waals surface area contributed by atoms with Crippen LogP contribution in [-0.4, -0.2) is 20.4 Å². The zero-order valence-electron chi connectivity index (χ0n) is 15.1. The van der Waals surface area contributed by atoms with Crippen LogP contribution in [0.3, 0.4) is 0 Å². The first-order valence-corrected chi connectivity index (χ1v) is 10.3. The predicted octanol–water partition coefficient (Wildman–Crippen LogP) is 3.26. The zero-order valence-corrected chi connectivity index (χ0v) is 15.9. The first kappa shape index (κ1) is 20.1. The Morgan fingerprint density at radius 3 is 2.04 bits per heavy atom. The molecule has 0 unspecified atom stereocenters. The van der Waals surface area contributed by atoms with Gasteiger partial charge in [0, 0.05) is 0 Å². The lowest BCUT2D eigenvalue weighted by Crippen LogP contribution is -2.43. The molecule has 1 atom stereocenters. The van der Waals surface area contributed by atoms with Crippen LogP contribution < -0.4 is 4.72 Å². The summed E-state index contributed by atoms with van der Waals surface area (Å²) in [5.74, 6) is -0.586. The molecule has 0 saturated carbocycles. The molecule has 5 nitrogen and oxygen atoms in total. The van der Waals surface area contributed by atoms with Crippen molar-refractivity contribution in [2.75, 3.05) is 0 Å². The highest BCUT2D eigenvalue weighted by atomic mass is 32.2. The number of benzene rings is 2. The third kappa shape index (κ3) is 6.98. The van der Waals surface area contributed by atoms with Crippen LogP contribution >= 0.6 is 0 Å². The van der Waals surface area contributed by atoms with Gasteiger partial charge in [-0.2, -0.15) is 0 Å². The van der Waals surface area contributed by atoms with Crippen molar-refractivity contribution < 1.29 is 17.9 Å². The molecule has 0 aliphatic heterocycles. The van der Waals surface area contributed by atoms with Crippen LogP contribution in [0.15, 0.2) is 60.7 Å². The fraction of sp³-hybridized carbons (Fsp3) is 0.350. The second-order valence-electron chi connectivity index (χ2n) is 6.64. The van der Waals surface area contributed by atoms with Crippen LogP contribution in [-0.2, 0) is 31.9 Å². The van der Waals surface area contributed by atoms with Crippen LogP contribution in [0.2, 0.25) is 0 Å². The van der Waals surface area contributed by atoms with Gasteiger partial charge in [0.2, 0.25) is 10.0 Å². The molecule has 2 aromatic carbocycles. The van der Waals surface area contributed by atoms with E-state index in [0.717, 1.165) is 5.56 Å². The van der Waals surface area contributed by atoms with Crippen LogP contribution in [0, 0.1) is 5.92 Å². The highest BCUT2D eigenvalue weighted by molar-refractivity contribution is 7.88. The number of carbonyl (C=O) groups is 1. The van der Waals surface area contributed by atoms with E-state index in [1.807, 2.05) is 50.2 Å². The molecule has 140 valence electrons. The molecule has 1 N–H and O–H groups in total. The normalized spacial score (nSPS) is 12.7. The Labute approximate surface area is 155 Å². The molecule has 0 saturated heterocycles. The van der Waals surface area contributed by atoms with E-state index in [2.05, 4.69) is 4.72 Å². The van der Waals surface area contributed by atoms with Crippen molar-refractivity contribution in [3.8, 4) is 0 Å². The van der Waals surface area contributed by atoms with Crippen LogP contribution in [0.5, 0.6) is 0 Å². The van der Waals surface area contributed by atoms with E-state index in [4.69, 9.17) is 4.74 Å². The average molecular weight is 375 g/mol. The smallest absolute Gasteiger partial charge is 0.324 e. The molecule has 2 aromatic rings. The Balaban J connectivity index is 2.02. The van der Waals surface area contributed by atoms with E-state index >= 15 is 0 Å². The maximum absolute atomic E-state index is 12.5. The third-order valence-corrected chi connectivity index (χ3v) is 5.09. The molecule has 0 aliphatic carbocycles. The number of hydrogen-bond donors (Lipinski definition) is 1. The standard InChI is InChI=1S/C20H25NO4S/c1-16(2)13-19(20(22)25-14-17-9-5-3-6-10-17)21-26(23,24)15-18-11-7-4-8-12-18/h3-12,16,19,21H,13-15H2,1-2H3/t19-/m0/s1. The van der Waals surface area contributed by atoms with Gasteiger partial charge in [-0.25, -0.2) is 13.1 Å². The maximum atomic E-state index is 12.5. The Hall–Kier alpha value is -2.18. The van der Waals surface area contributed by atoms with Gasteiger partial charge in [-0.05, 0) is 23.5 Å². The molecule has 0 bridgehead atoms. The van der Waals surface area contributed by atoms with E-state index in [-0.39, 0.29) is 18.3 Å². The summed E-state index contributed by atoms with van der Waals surface area (Å²) in [4.78, 5) is 12.4. The Morgan fingerprint density at radius 1 is 0.962 bits per heavy atom. The quantitative estimate of drug-likeness (QED) is 0.683. The molecule has 0 aromatic heterocycles.